The summed E-state index contributed by atoms with van der Waals surface area (Å²) in [6.45, 7) is 1.64. The Bertz CT molecular complexity index is 905. The summed E-state index contributed by atoms with van der Waals surface area (Å²) in [6.07, 6.45) is 0. The number of nitrogens with zero attached hydrogens (tertiary/aromatic N) is 1. The minimum atomic E-state index is -1.43. The third-order valence-corrected chi connectivity index (χ3v) is 3.34. The number of carboxylic acid groups (broad SMARTS) is 2. The zero-order valence-corrected chi connectivity index (χ0v) is 12.8. The van der Waals surface area contributed by atoms with Crippen molar-refractivity contribution in [1.29, 1.82) is 0 Å². The minimum Gasteiger partial charge on any atom is -0.478 e. The van der Waals surface area contributed by atoms with Crippen LogP contribution in [0.2, 0.25) is 0 Å². The number of nitro groups is 1. The molecule has 0 aliphatic carbocycles. The van der Waals surface area contributed by atoms with Gasteiger partial charge in [-0.1, -0.05) is 6.07 Å². The molecule has 25 heavy (non-hydrogen) atoms. The van der Waals surface area contributed by atoms with Crippen LogP contribution in [-0.4, -0.2) is 33.0 Å². The molecule has 1 amide bonds. The van der Waals surface area contributed by atoms with Gasteiger partial charge >= 0.3 is 11.9 Å². The number of nitrogens with one attached hydrogen (secondary N) is 1. The molecule has 0 aliphatic rings. The fourth-order valence-electron chi connectivity index (χ4n) is 2.14. The Morgan fingerprint density at radius 1 is 1.00 bits per heavy atom. The van der Waals surface area contributed by atoms with E-state index in [-0.39, 0.29) is 16.9 Å². The zero-order valence-electron chi connectivity index (χ0n) is 12.8. The van der Waals surface area contributed by atoms with Crippen LogP contribution in [0.3, 0.4) is 0 Å². The maximum Gasteiger partial charge on any atom is 0.336 e. The number of amides is 1. The first-order chi connectivity index (χ1) is 11.7. The lowest BCUT2D eigenvalue weighted by Gasteiger charge is -2.09. The third-order valence-electron chi connectivity index (χ3n) is 3.34. The van der Waals surface area contributed by atoms with Crippen LogP contribution in [0.25, 0.3) is 0 Å². The van der Waals surface area contributed by atoms with Crippen LogP contribution >= 0.6 is 0 Å². The van der Waals surface area contributed by atoms with Gasteiger partial charge in [0.1, 0.15) is 5.69 Å². The molecule has 0 aromatic heterocycles. The van der Waals surface area contributed by atoms with Crippen LogP contribution < -0.4 is 5.32 Å². The highest BCUT2D eigenvalue weighted by Gasteiger charge is 2.22. The Labute approximate surface area is 140 Å². The van der Waals surface area contributed by atoms with E-state index in [2.05, 4.69) is 5.32 Å². The summed E-state index contributed by atoms with van der Waals surface area (Å²) in [5.41, 5.74) is -1.01. The van der Waals surface area contributed by atoms with Crippen molar-refractivity contribution < 1.29 is 29.5 Å². The number of carbonyl (C=O) groups excluding carboxylic acids is 1. The van der Waals surface area contributed by atoms with Crippen LogP contribution in [0.5, 0.6) is 0 Å². The van der Waals surface area contributed by atoms with E-state index in [1.54, 1.807) is 6.92 Å². The van der Waals surface area contributed by atoms with Gasteiger partial charge in [0.15, 0.2) is 0 Å². The number of rotatable bonds is 5. The molecule has 2 aromatic carbocycles. The number of carboxylic acids is 2. The van der Waals surface area contributed by atoms with E-state index in [0.29, 0.717) is 5.56 Å². The predicted molar refractivity (Wildman–Crippen MR) is 86.1 cm³/mol. The standard InChI is InChI=1S/C16H12N2O7/c1-8-2-5-12(13(6-8)18(24)25)17-14(19)11-7-9(15(20)21)3-4-10(11)16(22)23/h2-7H,1H3,(H,17,19)(H,20,21)(H,22,23). The third kappa shape index (κ3) is 3.78. The molecule has 0 spiro atoms. The number of benzene rings is 2. The molecule has 0 saturated carbocycles. The van der Waals surface area contributed by atoms with Crippen molar-refractivity contribution in [3.63, 3.8) is 0 Å². The fraction of sp³-hybridized carbons (Fsp3) is 0.0625. The number of aromatic carboxylic acids is 2. The maximum absolute atomic E-state index is 12.4. The van der Waals surface area contributed by atoms with Gasteiger partial charge in [0, 0.05) is 6.07 Å². The number of carbonyl (C=O) groups is 3. The van der Waals surface area contributed by atoms with Gasteiger partial charge in [-0.15, -0.1) is 0 Å². The smallest absolute Gasteiger partial charge is 0.336 e. The topological polar surface area (TPSA) is 147 Å². The molecule has 0 atom stereocenters. The molecule has 0 unspecified atom stereocenters. The van der Waals surface area contributed by atoms with Gasteiger partial charge in [0.2, 0.25) is 0 Å². The quantitative estimate of drug-likeness (QED) is 0.557. The SMILES string of the molecule is Cc1ccc(NC(=O)c2cc(C(=O)O)ccc2C(=O)O)c([N+](=O)[O-])c1. The summed E-state index contributed by atoms with van der Waals surface area (Å²) in [5, 5.41) is 31.5. The van der Waals surface area contributed by atoms with Gasteiger partial charge in [0.05, 0.1) is 21.6 Å². The highest BCUT2D eigenvalue weighted by atomic mass is 16.6. The van der Waals surface area contributed by atoms with E-state index in [1.807, 2.05) is 0 Å². The second-order valence-electron chi connectivity index (χ2n) is 5.10. The van der Waals surface area contributed by atoms with E-state index in [1.165, 1.54) is 18.2 Å². The van der Waals surface area contributed by atoms with Gasteiger partial charge < -0.3 is 15.5 Å². The average Bonchev–Trinajstić information content (AvgIpc) is 2.55. The molecular formula is C16H12N2O7. The summed E-state index contributed by atoms with van der Waals surface area (Å²) in [5.74, 6) is -3.74. The van der Waals surface area contributed by atoms with Crippen molar-refractivity contribution in [2.75, 3.05) is 5.32 Å². The van der Waals surface area contributed by atoms with Crippen molar-refractivity contribution in [3.05, 3.63) is 68.8 Å². The highest BCUT2D eigenvalue weighted by Crippen LogP contribution is 2.26. The van der Waals surface area contributed by atoms with Crippen molar-refractivity contribution >= 4 is 29.2 Å². The van der Waals surface area contributed by atoms with Crippen LogP contribution in [0, 0.1) is 17.0 Å². The first-order valence-electron chi connectivity index (χ1n) is 6.87. The molecule has 3 N–H and O–H groups in total. The summed E-state index contributed by atoms with van der Waals surface area (Å²) in [4.78, 5) is 45.1. The molecule has 2 aromatic rings. The normalized spacial score (nSPS) is 10.1. The fourth-order valence-corrected chi connectivity index (χ4v) is 2.14. The molecular weight excluding hydrogens is 332 g/mol. The molecule has 2 rings (SSSR count). The summed E-state index contributed by atoms with van der Waals surface area (Å²) in [7, 11) is 0. The highest BCUT2D eigenvalue weighted by molar-refractivity contribution is 6.12. The van der Waals surface area contributed by atoms with Crippen molar-refractivity contribution in [2.45, 2.75) is 6.92 Å². The van der Waals surface area contributed by atoms with Crippen LogP contribution in [0.1, 0.15) is 36.6 Å². The number of anilines is 1. The molecule has 0 fully saturated rings. The molecule has 0 saturated heterocycles. The largest absolute Gasteiger partial charge is 0.478 e. The Morgan fingerprint density at radius 2 is 1.68 bits per heavy atom. The van der Waals surface area contributed by atoms with E-state index < -0.39 is 33.9 Å². The average molecular weight is 344 g/mol. The minimum absolute atomic E-state index is 0.127. The van der Waals surface area contributed by atoms with Gasteiger partial charge in [-0.05, 0) is 36.8 Å². The Hall–Kier alpha value is -3.75. The molecule has 128 valence electrons. The molecule has 9 heteroatoms. The summed E-state index contributed by atoms with van der Waals surface area (Å²) >= 11 is 0. The number of nitro benzene ring substituents is 1. The lowest BCUT2D eigenvalue weighted by atomic mass is 10.0. The Balaban J connectivity index is 2.48. The summed E-state index contributed by atoms with van der Waals surface area (Å²) in [6, 6.07) is 7.05. The van der Waals surface area contributed by atoms with Crippen LogP contribution in [-0.2, 0) is 0 Å². The van der Waals surface area contributed by atoms with E-state index >= 15 is 0 Å². The van der Waals surface area contributed by atoms with E-state index in [4.69, 9.17) is 10.2 Å². The van der Waals surface area contributed by atoms with Crippen LogP contribution in [0.15, 0.2) is 36.4 Å². The molecule has 0 radical (unpaired) electrons. The van der Waals surface area contributed by atoms with Gasteiger partial charge in [-0.3, -0.25) is 14.9 Å². The van der Waals surface area contributed by atoms with Gasteiger partial charge in [0.25, 0.3) is 11.6 Å². The molecule has 0 heterocycles. The predicted octanol–water partition coefficient (Wildman–Crippen LogP) is 2.55. The van der Waals surface area contributed by atoms with Crippen molar-refractivity contribution in [1.82, 2.24) is 0 Å². The van der Waals surface area contributed by atoms with Gasteiger partial charge in [-0.2, -0.15) is 0 Å². The second kappa shape index (κ2) is 6.79. The molecule has 0 aliphatic heterocycles. The first-order valence-corrected chi connectivity index (χ1v) is 6.87. The monoisotopic (exact) mass is 344 g/mol. The maximum atomic E-state index is 12.4. The second-order valence-corrected chi connectivity index (χ2v) is 5.10. The lowest BCUT2D eigenvalue weighted by Crippen LogP contribution is -2.18. The number of hydrogen-bond acceptors (Lipinski definition) is 5. The lowest BCUT2D eigenvalue weighted by molar-refractivity contribution is -0.384. The summed E-state index contributed by atoms with van der Waals surface area (Å²) < 4.78 is 0. The molecule has 0 bridgehead atoms. The molecule has 9 nitrogen and oxygen atoms in total. The number of hydrogen-bond donors (Lipinski definition) is 3. The Kier molecular flexibility index (Phi) is 4.78. The van der Waals surface area contributed by atoms with E-state index in [0.717, 1.165) is 18.2 Å². The van der Waals surface area contributed by atoms with E-state index in [9.17, 15) is 24.5 Å². The van der Waals surface area contributed by atoms with Crippen molar-refractivity contribution in [2.24, 2.45) is 0 Å². The first kappa shape index (κ1) is 17.6. The van der Waals surface area contributed by atoms with Gasteiger partial charge in [-0.25, -0.2) is 9.59 Å². The number of aryl methyl sites for hydroxylation is 1. The van der Waals surface area contributed by atoms with Crippen molar-refractivity contribution in [3.8, 4) is 0 Å². The Morgan fingerprint density at radius 3 is 2.24 bits per heavy atom. The zero-order chi connectivity index (χ0) is 18.7. The van der Waals surface area contributed by atoms with Crippen LogP contribution in [0.4, 0.5) is 11.4 Å².